The van der Waals surface area contributed by atoms with Gasteiger partial charge < -0.3 is 9.53 Å². The second-order valence-corrected chi connectivity index (χ2v) is 6.78. The Morgan fingerprint density at radius 3 is 2.24 bits per heavy atom. The van der Waals surface area contributed by atoms with Crippen LogP contribution in [0.5, 0.6) is 0 Å². The smallest absolute Gasteiger partial charge is 0.411 e. The van der Waals surface area contributed by atoms with Gasteiger partial charge in [0.05, 0.1) is 5.54 Å². The summed E-state index contributed by atoms with van der Waals surface area (Å²) in [5, 5.41) is 11.9. The van der Waals surface area contributed by atoms with Crippen molar-refractivity contribution in [2.45, 2.75) is 58.7 Å². The van der Waals surface area contributed by atoms with Crippen molar-refractivity contribution in [2.24, 2.45) is 0 Å². The number of rotatable bonds is 3. The zero-order valence-corrected chi connectivity index (χ0v) is 13.6. The van der Waals surface area contributed by atoms with Crippen LogP contribution < -0.4 is 0 Å². The van der Waals surface area contributed by atoms with E-state index in [1.54, 1.807) is 20.8 Å². The fourth-order valence-electron chi connectivity index (χ4n) is 1.40. The van der Waals surface area contributed by atoms with Gasteiger partial charge in [-0.25, -0.2) is 4.79 Å². The average Bonchev–Trinajstić information content (AvgIpc) is 2.76. The average molecular weight is 297 g/mol. The van der Waals surface area contributed by atoms with E-state index >= 15 is 0 Å². The van der Waals surface area contributed by atoms with Gasteiger partial charge in [0.15, 0.2) is 12.3 Å². The molecule has 8 heteroatoms. The fraction of sp³-hybridized carbons (Fsp3) is 0.769. The highest BCUT2D eigenvalue weighted by Crippen LogP contribution is 2.18. The normalized spacial score (nSPS) is 13.7. The molecule has 0 saturated heterocycles. The summed E-state index contributed by atoms with van der Waals surface area (Å²) in [6.07, 6.45) is -0.0276. The molecule has 0 bridgehead atoms. The first-order valence-electron chi connectivity index (χ1n) is 6.67. The topological polar surface area (TPSA) is 90.2 Å². The third kappa shape index (κ3) is 4.51. The molecule has 1 unspecified atom stereocenters. The molecule has 8 nitrogen and oxygen atoms in total. The summed E-state index contributed by atoms with van der Waals surface area (Å²) in [6, 6.07) is -0.934. The number of aldehydes is 1. The second kappa shape index (κ2) is 5.79. The van der Waals surface area contributed by atoms with E-state index in [0.29, 0.717) is 6.29 Å². The molecule has 0 aliphatic rings. The number of carbonyl (C=O) groups is 2. The van der Waals surface area contributed by atoms with Crippen LogP contribution in [0.4, 0.5) is 4.79 Å². The largest absolute Gasteiger partial charge is 0.444 e. The standard InChI is InChI=1S/C13H23N5O3/c1-12(2,3)18-15-10(14-16-18)9(8-19)17(7)11(20)21-13(4,5)6/h8-9H,1-7H3. The molecule has 0 aliphatic carbocycles. The number of tetrazole rings is 1. The number of hydrogen-bond acceptors (Lipinski definition) is 6. The summed E-state index contributed by atoms with van der Waals surface area (Å²) < 4.78 is 5.22. The predicted molar refractivity (Wildman–Crippen MR) is 75.6 cm³/mol. The van der Waals surface area contributed by atoms with E-state index in [2.05, 4.69) is 15.4 Å². The Balaban J connectivity index is 2.95. The molecule has 0 aromatic carbocycles. The SMILES string of the molecule is CN(C(=O)OC(C)(C)C)C(C=O)c1nnn(C(C)(C)C)n1. The summed E-state index contributed by atoms with van der Waals surface area (Å²) in [4.78, 5) is 25.9. The van der Waals surface area contributed by atoms with E-state index in [0.717, 1.165) is 4.90 Å². The number of likely N-dealkylation sites (N-methyl/N-ethyl adjacent to an activating group) is 1. The predicted octanol–water partition coefficient (Wildman–Crippen LogP) is 1.53. The van der Waals surface area contributed by atoms with E-state index in [1.807, 2.05) is 20.8 Å². The Labute approximate surface area is 124 Å². The van der Waals surface area contributed by atoms with Gasteiger partial charge in [0.2, 0.25) is 5.82 Å². The Bertz CT molecular complexity index is 513. The van der Waals surface area contributed by atoms with Gasteiger partial charge in [0.1, 0.15) is 5.60 Å². The summed E-state index contributed by atoms with van der Waals surface area (Å²) >= 11 is 0. The molecule has 0 spiro atoms. The van der Waals surface area contributed by atoms with Crippen LogP contribution in [0.3, 0.4) is 0 Å². The van der Waals surface area contributed by atoms with Crippen LogP contribution in [0.25, 0.3) is 0 Å². The Morgan fingerprint density at radius 2 is 1.86 bits per heavy atom. The van der Waals surface area contributed by atoms with Gasteiger partial charge in [-0.15, -0.1) is 10.2 Å². The van der Waals surface area contributed by atoms with Crippen LogP contribution in [0.15, 0.2) is 0 Å². The summed E-state index contributed by atoms with van der Waals surface area (Å²) in [7, 11) is 1.46. The van der Waals surface area contributed by atoms with E-state index in [-0.39, 0.29) is 11.4 Å². The number of hydrogen-bond donors (Lipinski definition) is 0. The molecule has 1 atom stereocenters. The molecular formula is C13H23N5O3. The van der Waals surface area contributed by atoms with Crippen LogP contribution in [0, 0.1) is 0 Å². The van der Waals surface area contributed by atoms with Crippen LogP contribution in [0.2, 0.25) is 0 Å². The number of nitrogens with zero attached hydrogens (tertiary/aromatic N) is 5. The van der Waals surface area contributed by atoms with Crippen molar-refractivity contribution in [1.82, 2.24) is 25.1 Å². The zero-order valence-electron chi connectivity index (χ0n) is 13.6. The number of amides is 1. The number of aromatic nitrogens is 4. The van der Waals surface area contributed by atoms with Crippen LogP contribution in [-0.4, -0.2) is 50.1 Å². The molecular weight excluding hydrogens is 274 g/mol. The van der Waals surface area contributed by atoms with Crippen molar-refractivity contribution in [3.05, 3.63) is 5.82 Å². The van der Waals surface area contributed by atoms with Gasteiger partial charge in [-0.1, -0.05) is 0 Å². The van der Waals surface area contributed by atoms with Gasteiger partial charge in [-0.2, -0.15) is 4.80 Å². The Hall–Kier alpha value is -1.99. The van der Waals surface area contributed by atoms with Crippen molar-refractivity contribution in [3.8, 4) is 0 Å². The monoisotopic (exact) mass is 297 g/mol. The lowest BCUT2D eigenvalue weighted by Crippen LogP contribution is -2.37. The van der Waals surface area contributed by atoms with Crippen molar-refractivity contribution in [1.29, 1.82) is 0 Å². The summed E-state index contributed by atoms with van der Waals surface area (Å²) in [5.41, 5.74) is -1.00. The molecule has 0 N–H and O–H groups in total. The Morgan fingerprint density at radius 1 is 1.29 bits per heavy atom. The van der Waals surface area contributed by atoms with E-state index in [4.69, 9.17) is 4.74 Å². The zero-order chi connectivity index (χ0) is 16.4. The second-order valence-electron chi connectivity index (χ2n) is 6.78. The van der Waals surface area contributed by atoms with Gasteiger partial charge in [0.25, 0.3) is 0 Å². The summed E-state index contributed by atoms with van der Waals surface area (Å²) in [6.45, 7) is 11.0. The minimum Gasteiger partial charge on any atom is -0.444 e. The molecule has 0 radical (unpaired) electrons. The van der Waals surface area contributed by atoms with Gasteiger partial charge in [-0.05, 0) is 46.8 Å². The number of carbonyl (C=O) groups excluding carboxylic acids is 2. The molecule has 1 rings (SSSR count). The highest BCUT2D eigenvalue weighted by atomic mass is 16.6. The van der Waals surface area contributed by atoms with Crippen molar-refractivity contribution in [3.63, 3.8) is 0 Å². The Kier molecular flexibility index (Phi) is 4.70. The highest BCUT2D eigenvalue weighted by Gasteiger charge is 2.30. The molecule has 1 aromatic heterocycles. The van der Waals surface area contributed by atoms with Gasteiger partial charge in [0, 0.05) is 7.05 Å². The third-order valence-corrected chi connectivity index (χ3v) is 2.52. The number of ether oxygens (including phenoxy) is 1. The molecule has 21 heavy (non-hydrogen) atoms. The first kappa shape index (κ1) is 17.1. The lowest BCUT2D eigenvalue weighted by atomic mass is 10.1. The maximum absolute atomic E-state index is 12.0. The molecule has 0 fully saturated rings. The highest BCUT2D eigenvalue weighted by molar-refractivity contribution is 5.73. The van der Waals surface area contributed by atoms with Crippen LogP contribution in [-0.2, 0) is 15.1 Å². The van der Waals surface area contributed by atoms with Crippen molar-refractivity contribution >= 4 is 12.4 Å². The quantitative estimate of drug-likeness (QED) is 0.786. The van der Waals surface area contributed by atoms with Crippen molar-refractivity contribution in [2.75, 3.05) is 7.05 Å². The van der Waals surface area contributed by atoms with E-state index < -0.39 is 17.7 Å². The maximum Gasteiger partial charge on any atom is 0.411 e. The van der Waals surface area contributed by atoms with Crippen molar-refractivity contribution < 1.29 is 14.3 Å². The minimum atomic E-state index is -0.934. The first-order chi connectivity index (χ1) is 9.45. The molecule has 1 aromatic rings. The lowest BCUT2D eigenvalue weighted by Gasteiger charge is -2.26. The van der Waals surface area contributed by atoms with Crippen LogP contribution in [0.1, 0.15) is 53.4 Å². The third-order valence-electron chi connectivity index (χ3n) is 2.52. The fourth-order valence-corrected chi connectivity index (χ4v) is 1.40. The van der Waals surface area contributed by atoms with E-state index in [1.165, 1.54) is 11.8 Å². The summed E-state index contributed by atoms with van der Waals surface area (Å²) in [5.74, 6) is 0.160. The van der Waals surface area contributed by atoms with Gasteiger partial charge in [-0.3, -0.25) is 4.90 Å². The maximum atomic E-state index is 12.0. The molecule has 0 aliphatic heterocycles. The molecule has 0 saturated carbocycles. The van der Waals surface area contributed by atoms with Gasteiger partial charge >= 0.3 is 6.09 Å². The van der Waals surface area contributed by atoms with Crippen LogP contribution >= 0.6 is 0 Å². The minimum absolute atomic E-state index is 0.160. The molecule has 1 heterocycles. The molecule has 118 valence electrons. The molecule has 1 amide bonds. The lowest BCUT2D eigenvalue weighted by molar-refractivity contribution is -0.112. The van der Waals surface area contributed by atoms with E-state index in [9.17, 15) is 9.59 Å². The first-order valence-corrected chi connectivity index (χ1v) is 6.67.